The van der Waals surface area contributed by atoms with Gasteiger partial charge in [-0.2, -0.15) is 0 Å². The van der Waals surface area contributed by atoms with Gasteiger partial charge in [0.2, 0.25) is 0 Å². The summed E-state index contributed by atoms with van der Waals surface area (Å²) in [5.41, 5.74) is 2.83. The Bertz CT molecular complexity index is 1170. The zero-order chi connectivity index (χ0) is 20.9. The van der Waals surface area contributed by atoms with E-state index in [0.717, 1.165) is 11.1 Å². The molecule has 3 aromatic rings. The predicted molar refractivity (Wildman–Crippen MR) is 115 cm³/mol. The van der Waals surface area contributed by atoms with Crippen LogP contribution in [-0.4, -0.2) is 23.8 Å². The van der Waals surface area contributed by atoms with Crippen LogP contribution in [0.4, 0.5) is 0 Å². The van der Waals surface area contributed by atoms with Crippen LogP contribution in [0.5, 0.6) is 5.75 Å². The third kappa shape index (κ3) is 3.87. The van der Waals surface area contributed by atoms with Crippen LogP contribution >= 0.6 is 0 Å². The van der Waals surface area contributed by atoms with E-state index in [-0.39, 0.29) is 23.9 Å². The van der Waals surface area contributed by atoms with Crippen LogP contribution in [0.2, 0.25) is 0 Å². The molecule has 0 N–H and O–H groups in total. The Hall–Kier alpha value is -4.10. The Morgan fingerprint density at radius 3 is 2.03 bits per heavy atom. The Kier molecular flexibility index (Phi) is 5.45. The van der Waals surface area contributed by atoms with E-state index in [9.17, 15) is 9.59 Å². The van der Waals surface area contributed by atoms with Gasteiger partial charge in [-0.25, -0.2) is 0 Å². The summed E-state index contributed by atoms with van der Waals surface area (Å²) in [6.07, 6.45) is 0. The summed E-state index contributed by atoms with van der Waals surface area (Å²) in [6, 6.07) is 25.9. The second-order valence-corrected chi connectivity index (χ2v) is 6.78. The van der Waals surface area contributed by atoms with E-state index in [1.807, 2.05) is 60.7 Å². The molecule has 1 heterocycles. The SMILES string of the molecule is COc1ccc(C2=C(C#Cc3ccccc3)C(=O)N(Cc3ccccc3)C2=O)cc1. The highest BCUT2D eigenvalue weighted by molar-refractivity contribution is 6.37. The van der Waals surface area contributed by atoms with Crippen molar-refractivity contribution in [2.75, 3.05) is 7.11 Å². The van der Waals surface area contributed by atoms with Crippen molar-refractivity contribution < 1.29 is 14.3 Å². The summed E-state index contributed by atoms with van der Waals surface area (Å²) in [7, 11) is 1.58. The van der Waals surface area contributed by atoms with Gasteiger partial charge in [0.05, 0.1) is 19.2 Å². The summed E-state index contributed by atoms with van der Waals surface area (Å²) in [6.45, 7) is 0.203. The Morgan fingerprint density at radius 2 is 1.40 bits per heavy atom. The predicted octanol–water partition coefficient (Wildman–Crippen LogP) is 4.07. The molecule has 0 radical (unpaired) electrons. The molecule has 4 rings (SSSR count). The normalized spacial score (nSPS) is 13.3. The monoisotopic (exact) mass is 393 g/mol. The minimum atomic E-state index is -0.377. The lowest BCUT2D eigenvalue weighted by atomic mass is 10.0. The van der Waals surface area contributed by atoms with Crippen LogP contribution in [0.1, 0.15) is 16.7 Å². The number of amides is 2. The largest absolute Gasteiger partial charge is 0.497 e. The summed E-state index contributed by atoms with van der Waals surface area (Å²) in [4.78, 5) is 27.7. The van der Waals surface area contributed by atoms with Crippen molar-refractivity contribution in [1.29, 1.82) is 0 Å². The van der Waals surface area contributed by atoms with E-state index in [1.165, 1.54) is 4.90 Å². The van der Waals surface area contributed by atoms with E-state index < -0.39 is 0 Å². The van der Waals surface area contributed by atoms with Gasteiger partial charge >= 0.3 is 0 Å². The van der Waals surface area contributed by atoms with Crippen LogP contribution < -0.4 is 4.74 Å². The number of nitrogens with zero attached hydrogens (tertiary/aromatic N) is 1. The van der Waals surface area contributed by atoms with Crippen LogP contribution in [-0.2, 0) is 16.1 Å². The molecule has 1 aliphatic heterocycles. The highest BCUT2D eigenvalue weighted by Gasteiger charge is 2.38. The van der Waals surface area contributed by atoms with Crippen molar-refractivity contribution in [3.05, 3.63) is 107 Å². The van der Waals surface area contributed by atoms with Gasteiger partial charge in [0.25, 0.3) is 11.8 Å². The van der Waals surface area contributed by atoms with Crippen LogP contribution in [0.15, 0.2) is 90.5 Å². The van der Waals surface area contributed by atoms with Gasteiger partial charge in [0.1, 0.15) is 11.3 Å². The fraction of sp³-hybridized carbons (Fsp3) is 0.0769. The molecule has 0 aliphatic carbocycles. The summed E-state index contributed by atoms with van der Waals surface area (Å²) >= 11 is 0. The van der Waals surface area contributed by atoms with Crippen LogP contribution in [0.25, 0.3) is 5.57 Å². The molecule has 0 atom stereocenters. The zero-order valence-electron chi connectivity index (χ0n) is 16.5. The zero-order valence-corrected chi connectivity index (χ0v) is 16.5. The minimum absolute atomic E-state index is 0.203. The second-order valence-electron chi connectivity index (χ2n) is 6.78. The smallest absolute Gasteiger partial charge is 0.270 e. The first-order valence-electron chi connectivity index (χ1n) is 9.53. The lowest BCUT2D eigenvalue weighted by Crippen LogP contribution is -2.31. The van der Waals surface area contributed by atoms with Crippen molar-refractivity contribution in [2.24, 2.45) is 0 Å². The second kappa shape index (κ2) is 8.50. The van der Waals surface area contributed by atoms with Crippen LogP contribution in [0.3, 0.4) is 0 Å². The molecule has 0 aromatic heterocycles. The molecule has 146 valence electrons. The van der Waals surface area contributed by atoms with Crippen molar-refractivity contribution >= 4 is 17.4 Å². The summed E-state index contributed by atoms with van der Waals surface area (Å²) in [5.74, 6) is 5.93. The number of ether oxygens (including phenoxy) is 1. The number of methoxy groups -OCH3 is 1. The van der Waals surface area contributed by atoms with Crippen molar-refractivity contribution in [2.45, 2.75) is 6.54 Å². The number of benzene rings is 3. The number of rotatable bonds is 4. The average molecular weight is 393 g/mol. The molecule has 0 spiro atoms. The number of hydrogen-bond donors (Lipinski definition) is 0. The van der Waals surface area contributed by atoms with E-state index in [2.05, 4.69) is 11.8 Å². The van der Waals surface area contributed by atoms with Crippen molar-refractivity contribution in [3.63, 3.8) is 0 Å². The van der Waals surface area contributed by atoms with Gasteiger partial charge in [-0.1, -0.05) is 72.5 Å². The Morgan fingerprint density at radius 1 is 0.767 bits per heavy atom. The number of imide groups is 1. The number of carbonyl (C=O) groups is 2. The first-order chi connectivity index (χ1) is 14.7. The lowest BCUT2D eigenvalue weighted by Gasteiger charge is -2.15. The lowest BCUT2D eigenvalue weighted by molar-refractivity contribution is -0.137. The maximum Gasteiger partial charge on any atom is 0.270 e. The molecule has 2 amide bonds. The molecular formula is C26H19NO3. The fourth-order valence-corrected chi connectivity index (χ4v) is 3.28. The first kappa shape index (κ1) is 19.2. The van der Waals surface area contributed by atoms with Gasteiger partial charge in [-0.3, -0.25) is 14.5 Å². The standard InChI is InChI=1S/C26H19NO3/c1-30-22-15-13-21(14-16-22)24-23(17-12-19-8-4-2-5-9-19)25(28)27(26(24)29)18-20-10-6-3-7-11-20/h2-11,13-16H,18H2,1H3. The van der Waals surface area contributed by atoms with Gasteiger partial charge in [-0.05, 0) is 35.4 Å². The third-order valence-corrected chi connectivity index (χ3v) is 4.84. The molecule has 0 fully saturated rings. The average Bonchev–Trinajstić information content (AvgIpc) is 3.03. The highest BCUT2D eigenvalue weighted by atomic mass is 16.5. The van der Waals surface area contributed by atoms with E-state index in [4.69, 9.17) is 4.74 Å². The molecule has 3 aromatic carbocycles. The quantitative estimate of drug-likeness (QED) is 0.496. The molecule has 0 saturated heterocycles. The maximum atomic E-state index is 13.2. The molecule has 0 unspecified atom stereocenters. The Balaban J connectivity index is 1.76. The molecule has 0 bridgehead atoms. The van der Waals surface area contributed by atoms with Crippen molar-refractivity contribution in [3.8, 4) is 17.6 Å². The van der Waals surface area contributed by atoms with Gasteiger partial charge in [0, 0.05) is 5.56 Å². The van der Waals surface area contributed by atoms with Crippen molar-refractivity contribution in [1.82, 2.24) is 4.90 Å². The molecular weight excluding hydrogens is 374 g/mol. The number of hydrogen-bond acceptors (Lipinski definition) is 3. The van der Waals surface area contributed by atoms with Crippen LogP contribution in [0, 0.1) is 11.8 Å². The molecule has 0 saturated carbocycles. The number of carbonyl (C=O) groups excluding carboxylic acids is 2. The van der Waals surface area contributed by atoms with E-state index in [1.54, 1.807) is 31.4 Å². The first-order valence-corrected chi connectivity index (χ1v) is 9.53. The molecule has 30 heavy (non-hydrogen) atoms. The Labute approximate surface area is 175 Å². The van der Waals surface area contributed by atoms with E-state index >= 15 is 0 Å². The summed E-state index contributed by atoms with van der Waals surface area (Å²) in [5, 5.41) is 0. The summed E-state index contributed by atoms with van der Waals surface area (Å²) < 4.78 is 5.21. The maximum absolute atomic E-state index is 13.2. The topological polar surface area (TPSA) is 46.6 Å². The molecule has 1 aliphatic rings. The third-order valence-electron chi connectivity index (χ3n) is 4.84. The van der Waals surface area contributed by atoms with Gasteiger partial charge < -0.3 is 4.74 Å². The molecule has 4 heteroatoms. The fourth-order valence-electron chi connectivity index (χ4n) is 3.28. The van der Waals surface area contributed by atoms with E-state index in [0.29, 0.717) is 16.9 Å². The molecule has 4 nitrogen and oxygen atoms in total. The minimum Gasteiger partial charge on any atom is -0.497 e. The van der Waals surface area contributed by atoms with Gasteiger partial charge in [-0.15, -0.1) is 0 Å². The van der Waals surface area contributed by atoms with Gasteiger partial charge in [0.15, 0.2) is 0 Å². The highest BCUT2D eigenvalue weighted by Crippen LogP contribution is 2.31.